The number of nitrogens with zero attached hydrogens (tertiary/aromatic N) is 1. The van der Waals surface area contributed by atoms with Crippen molar-refractivity contribution >= 4 is 16.8 Å². The summed E-state index contributed by atoms with van der Waals surface area (Å²) in [5, 5.41) is -0.332. The van der Waals surface area contributed by atoms with E-state index >= 15 is 0 Å². The molecule has 0 aliphatic carbocycles. The Kier molecular flexibility index (Phi) is 4.98. The van der Waals surface area contributed by atoms with Crippen LogP contribution >= 0.6 is 11.6 Å². The molecule has 1 rings (SSSR count). The van der Waals surface area contributed by atoms with Crippen molar-refractivity contribution in [1.82, 2.24) is 9.55 Å². The van der Waals surface area contributed by atoms with Crippen molar-refractivity contribution in [3.63, 3.8) is 0 Å². The van der Waals surface area contributed by atoms with Gasteiger partial charge in [-0.15, -0.1) is 0 Å². The maximum atomic E-state index is 11.2. The van der Waals surface area contributed by atoms with Gasteiger partial charge in [0.2, 0.25) is 5.24 Å². The quantitative estimate of drug-likeness (QED) is 0.596. The minimum atomic E-state index is -0.402. The Bertz CT molecular complexity index is 464. The lowest BCUT2D eigenvalue weighted by molar-refractivity contribution is -0.111. The Hall–Kier alpha value is -1.36. The van der Waals surface area contributed by atoms with Crippen LogP contribution in [0.15, 0.2) is 21.9 Å². The van der Waals surface area contributed by atoms with Crippen molar-refractivity contribution in [2.45, 2.75) is 32.2 Å². The molecule has 0 spiro atoms. The van der Waals surface area contributed by atoms with Gasteiger partial charge in [0.1, 0.15) is 0 Å². The van der Waals surface area contributed by atoms with Gasteiger partial charge in [-0.1, -0.05) is 6.42 Å². The van der Waals surface area contributed by atoms with E-state index in [4.69, 9.17) is 11.6 Å². The average Bonchev–Trinajstić information content (AvgIpc) is 2.20. The van der Waals surface area contributed by atoms with Crippen LogP contribution in [0.3, 0.4) is 0 Å². The van der Waals surface area contributed by atoms with Gasteiger partial charge in [-0.3, -0.25) is 14.6 Å². The predicted octanol–water partition coefficient (Wildman–Crippen LogP) is 0.862. The second-order valence-corrected chi connectivity index (χ2v) is 3.89. The van der Waals surface area contributed by atoms with Crippen LogP contribution in [0.2, 0.25) is 0 Å². The topological polar surface area (TPSA) is 71.9 Å². The largest absolute Gasteiger partial charge is 0.328 e. The molecule has 1 N–H and O–H groups in total. The standard InChI is InChI=1S/C10H13ClN2O3/c11-8(14)4-2-1-3-6-13-7-5-9(15)12-10(13)16/h5,7H,1-4,6H2,(H,12,15,16). The van der Waals surface area contributed by atoms with E-state index in [1.807, 2.05) is 0 Å². The third-order valence-electron chi connectivity index (χ3n) is 2.17. The number of carbonyl (C=O) groups is 1. The molecule has 0 fully saturated rings. The van der Waals surface area contributed by atoms with Crippen molar-refractivity contribution in [2.24, 2.45) is 0 Å². The first-order valence-corrected chi connectivity index (χ1v) is 5.45. The van der Waals surface area contributed by atoms with Crippen molar-refractivity contribution < 1.29 is 4.79 Å². The smallest absolute Gasteiger partial charge is 0.301 e. The van der Waals surface area contributed by atoms with E-state index in [0.29, 0.717) is 13.0 Å². The SMILES string of the molecule is O=C(Cl)CCCCCn1ccc(=O)[nH]c1=O. The fourth-order valence-electron chi connectivity index (χ4n) is 1.34. The lowest BCUT2D eigenvalue weighted by Gasteiger charge is -2.03. The van der Waals surface area contributed by atoms with Crippen molar-refractivity contribution in [3.8, 4) is 0 Å². The summed E-state index contributed by atoms with van der Waals surface area (Å²) in [6, 6.07) is 1.31. The van der Waals surface area contributed by atoms with E-state index in [-0.39, 0.29) is 5.24 Å². The summed E-state index contributed by atoms with van der Waals surface area (Å²) in [6.07, 6.45) is 4.15. The summed E-state index contributed by atoms with van der Waals surface area (Å²) in [5.41, 5.74) is -0.796. The Labute approximate surface area is 97.1 Å². The molecular weight excluding hydrogens is 232 g/mol. The Morgan fingerprint density at radius 1 is 1.31 bits per heavy atom. The van der Waals surface area contributed by atoms with E-state index in [9.17, 15) is 14.4 Å². The molecule has 16 heavy (non-hydrogen) atoms. The third kappa shape index (κ3) is 4.44. The number of aryl methyl sites for hydroxylation is 1. The molecule has 0 saturated carbocycles. The van der Waals surface area contributed by atoms with Crippen LogP contribution in [0.25, 0.3) is 0 Å². The zero-order valence-electron chi connectivity index (χ0n) is 8.74. The predicted molar refractivity (Wildman–Crippen MR) is 60.7 cm³/mol. The van der Waals surface area contributed by atoms with Crippen molar-refractivity contribution in [2.75, 3.05) is 0 Å². The molecule has 0 atom stereocenters. The van der Waals surface area contributed by atoms with Crippen molar-refractivity contribution in [1.29, 1.82) is 0 Å². The minimum Gasteiger partial charge on any atom is -0.301 e. The van der Waals surface area contributed by atoms with Gasteiger partial charge in [-0.25, -0.2) is 4.79 Å². The van der Waals surface area contributed by atoms with Crippen LogP contribution in [0.4, 0.5) is 0 Å². The van der Waals surface area contributed by atoms with Crippen LogP contribution in [0.1, 0.15) is 25.7 Å². The summed E-state index contributed by atoms with van der Waals surface area (Å²) in [4.78, 5) is 34.6. The average molecular weight is 245 g/mol. The number of hydrogen-bond donors (Lipinski definition) is 1. The van der Waals surface area contributed by atoms with Gasteiger partial charge >= 0.3 is 5.69 Å². The summed E-state index contributed by atoms with van der Waals surface area (Å²) < 4.78 is 1.43. The van der Waals surface area contributed by atoms with Gasteiger partial charge in [-0.05, 0) is 24.4 Å². The van der Waals surface area contributed by atoms with Gasteiger partial charge < -0.3 is 4.57 Å². The summed E-state index contributed by atoms with van der Waals surface area (Å²) in [5.74, 6) is 0. The minimum absolute atomic E-state index is 0.332. The van der Waals surface area contributed by atoms with Crippen LogP contribution in [0, 0.1) is 0 Å². The first-order chi connectivity index (χ1) is 7.59. The number of carbonyl (C=O) groups excluding carboxylic acids is 1. The van der Waals surface area contributed by atoms with Gasteiger partial charge in [-0.2, -0.15) is 0 Å². The number of nitrogens with one attached hydrogen (secondary N) is 1. The molecule has 5 nitrogen and oxygen atoms in total. The molecule has 1 aromatic heterocycles. The first-order valence-electron chi connectivity index (χ1n) is 5.07. The summed E-state index contributed by atoms with van der Waals surface area (Å²) in [6.45, 7) is 0.534. The van der Waals surface area contributed by atoms with Gasteiger partial charge in [0, 0.05) is 25.2 Å². The monoisotopic (exact) mass is 244 g/mol. The number of hydrogen-bond acceptors (Lipinski definition) is 3. The molecule has 0 unspecified atom stereocenters. The first kappa shape index (κ1) is 12.7. The Morgan fingerprint density at radius 3 is 2.69 bits per heavy atom. The van der Waals surface area contributed by atoms with Gasteiger partial charge in [0.15, 0.2) is 0 Å². The summed E-state index contributed by atoms with van der Waals surface area (Å²) >= 11 is 5.18. The molecule has 0 amide bonds. The normalized spacial score (nSPS) is 10.3. The van der Waals surface area contributed by atoms with Crippen molar-refractivity contribution in [3.05, 3.63) is 33.1 Å². The Morgan fingerprint density at radius 2 is 2.06 bits per heavy atom. The lowest BCUT2D eigenvalue weighted by atomic mass is 10.2. The number of rotatable bonds is 6. The highest BCUT2D eigenvalue weighted by Gasteiger charge is 1.98. The summed E-state index contributed by atoms with van der Waals surface area (Å²) in [7, 11) is 0. The van der Waals surface area contributed by atoms with Crippen LogP contribution in [0.5, 0.6) is 0 Å². The van der Waals surface area contributed by atoms with E-state index in [2.05, 4.69) is 4.98 Å². The maximum absolute atomic E-state index is 11.2. The molecule has 0 bridgehead atoms. The molecule has 0 aromatic carbocycles. The molecule has 0 radical (unpaired) electrons. The number of aromatic amines is 1. The number of aromatic nitrogens is 2. The number of halogens is 1. The van der Waals surface area contributed by atoms with E-state index in [1.54, 1.807) is 0 Å². The second kappa shape index (κ2) is 6.27. The molecule has 1 heterocycles. The fourth-order valence-corrected chi connectivity index (χ4v) is 1.48. The fraction of sp³-hybridized carbons (Fsp3) is 0.500. The molecular formula is C10H13ClN2O3. The zero-order chi connectivity index (χ0) is 12.0. The number of H-pyrrole nitrogens is 1. The lowest BCUT2D eigenvalue weighted by Crippen LogP contribution is -2.28. The van der Waals surface area contributed by atoms with E-state index in [1.165, 1.54) is 16.8 Å². The van der Waals surface area contributed by atoms with Crippen LogP contribution in [-0.2, 0) is 11.3 Å². The van der Waals surface area contributed by atoms with E-state index in [0.717, 1.165) is 19.3 Å². The molecule has 1 aromatic rings. The maximum Gasteiger partial charge on any atom is 0.328 e. The van der Waals surface area contributed by atoms with Crippen LogP contribution in [-0.4, -0.2) is 14.8 Å². The molecule has 0 saturated heterocycles. The van der Waals surface area contributed by atoms with Crippen LogP contribution < -0.4 is 11.2 Å². The Balaban J connectivity index is 2.35. The molecule has 88 valence electrons. The second-order valence-electron chi connectivity index (χ2n) is 3.47. The van der Waals surface area contributed by atoms with Gasteiger partial charge in [0.25, 0.3) is 5.56 Å². The highest BCUT2D eigenvalue weighted by molar-refractivity contribution is 6.63. The highest BCUT2D eigenvalue weighted by atomic mass is 35.5. The number of unbranched alkanes of at least 4 members (excludes halogenated alkanes) is 2. The third-order valence-corrected chi connectivity index (χ3v) is 2.36. The van der Waals surface area contributed by atoms with E-state index < -0.39 is 11.2 Å². The molecule has 0 aliphatic heterocycles. The molecule has 6 heteroatoms. The highest BCUT2D eigenvalue weighted by Crippen LogP contribution is 2.03. The zero-order valence-corrected chi connectivity index (χ0v) is 9.50. The molecule has 0 aliphatic rings. The van der Waals surface area contributed by atoms with Gasteiger partial charge in [0.05, 0.1) is 0 Å².